The minimum Gasteiger partial charge on any atom is -0.383 e. The first kappa shape index (κ1) is 21.7. The van der Waals surface area contributed by atoms with Gasteiger partial charge in [0.05, 0.1) is 17.6 Å². The van der Waals surface area contributed by atoms with Crippen molar-refractivity contribution >= 4 is 34.2 Å². The molecule has 164 valence electrons. The molecule has 0 aliphatic carbocycles. The fourth-order valence-electron chi connectivity index (χ4n) is 3.58. The molecule has 0 aliphatic heterocycles. The maximum Gasteiger partial charge on any atom is 0.267 e. The Hall–Kier alpha value is -3.49. The number of fused-ring (bicyclic) bond motifs is 2. The third-order valence-corrected chi connectivity index (χ3v) is 5.66. The average molecular weight is 452 g/mol. The van der Waals surface area contributed by atoms with Crippen molar-refractivity contribution in [3.8, 4) is 0 Å². The Labute approximate surface area is 188 Å². The van der Waals surface area contributed by atoms with Crippen LogP contribution in [0.3, 0.4) is 0 Å². The smallest absolute Gasteiger partial charge is 0.267 e. The van der Waals surface area contributed by atoms with Gasteiger partial charge in [-0.15, -0.1) is 0 Å². The number of benzene rings is 1. The Bertz CT molecular complexity index is 1460. The van der Waals surface area contributed by atoms with Gasteiger partial charge in [-0.25, -0.2) is 4.98 Å². The number of ether oxygens (including phenoxy) is 1. The second-order valence-electron chi connectivity index (χ2n) is 7.36. The van der Waals surface area contributed by atoms with Gasteiger partial charge < -0.3 is 14.6 Å². The van der Waals surface area contributed by atoms with Gasteiger partial charge in [-0.1, -0.05) is 35.9 Å². The zero-order chi connectivity index (χ0) is 22.8. The molecule has 0 atom stereocenters. The average Bonchev–Trinajstić information content (AvgIpc) is 2.78. The normalized spacial score (nSPS) is 11.2. The summed E-state index contributed by atoms with van der Waals surface area (Å²) in [6, 6.07) is 12.3. The van der Waals surface area contributed by atoms with Crippen LogP contribution in [-0.4, -0.2) is 33.6 Å². The molecule has 0 radical (unpaired) electrons. The standard InChI is InChI=1S/C23H22ClN5O3/c1-14-6-5-9-29-20(14)27-21-17(23(29)31)12-16(19(25)28(21)10-11-32-2)22(30)26-13-15-7-3-4-8-18(15)24/h3-9,12,25H,10-11,13H2,1-2H3,(H,26,30). The Morgan fingerprint density at radius 3 is 2.75 bits per heavy atom. The number of methoxy groups -OCH3 is 1. The predicted molar refractivity (Wildman–Crippen MR) is 122 cm³/mol. The maximum atomic E-state index is 13.2. The number of halogens is 1. The highest BCUT2D eigenvalue weighted by molar-refractivity contribution is 6.31. The number of aromatic nitrogens is 3. The van der Waals surface area contributed by atoms with Crippen molar-refractivity contribution in [1.82, 2.24) is 19.3 Å². The molecule has 0 aliphatic rings. The van der Waals surface area contributed by atoms with Gasteiger partial charge in [-0.3, -0.25) is 19.4 Å². The quantitative estimate of drug-likeness (QED) is 0.440. The monoisotopic (exact) mass is 451 g/mol. The Balaban J connectivity index is 1.86. The number of carbonyl (C=O) groups is 1. The molecule has 1 amide bonds. The maximum absolute atomic E-state index is 13.2. The molecule has 3 aromatic heterocycles. The van der Waals surface area contributed by atoms with E-state index in [-0.39, 0.29) is 35.1 Å². The molecule has 0 bridgehead atoms. The van der Waals surface area contributed by atoms with Crippen molar-refractivity contribution in [1.29, 1.82) is 5.41 Å². The van der Waals surface area contributed by atoms with Crippen molar-refractivity contribution in [3.05, 3.63) is 86.2 Å². The van der Waals surface area contributed by atoms with E-state index in [1.807, 2.05) is 31.2 Å². The van der Waals surface area contributed by atoms with Crippen molar-refractivity contribution in [2.24, 2.45) is 0 Å². The Morgan fingerprint density at radius 1 is 1.22 bits per heavy atom. The SMILES string of the molecule is COCCn1c(=N)c(C(=O)NCc2ccccc2Cl)cc2c(=O)n3cccc(C)c3nc21. The van der Waals surface area contributed by atoms with E-state index in [1.54, 1.807) is 25.4 Å². The molecule has 2 N–H and O–H groups in total. The number of pyridine rings is 2. The molecular weight excluding hydrogens is 430 g/mol. The topological polar surface area (TPSA) is 101 Å². The number of rotatable bonds is 6. The first-order valence-electron chi connectivity index (χ1n) is 10.0. The molecule has 0 saturated heterocycles. The second kappa shape index (κ2) is 8.94. The van der Waals surface area contributed by atoms with Crippen LogP contribution in [0.25, 0.3) is 16.7 Å². The van der Waals surface area contributed by atoms with Crippen LogP contribution in [-0.2, 0) is 17.8 Å². The van der Waals surface area contributed by atoms with Gasteiger partial charge in [0, 0.05) is 31.4 Å². The van der Waals surface area contributed by atoms with Crippen LogP contribution < -0.4 is 16.4 Å². The van der Waals surface area contributed by atoms with Crippen molar-refractivity contribution in [3.63, 3.8) is 0 Å². The molecule has 0 unspecified atom stereocenters. The van der Waals surface area contributed by atoms with Gasteiger partial charge >= 0.3 is 0 Å². The summed E-state index contributed by atoms with van der Waals surface area (Å²) in [5.41, 5.74) is 2.16. The van der Waals surface area contributed by atoms with E-state index in [4.69, 9.17) is 21.7 Å². The number of carbonyl (C=O) groups excluding carboxylic acids is 1. The first-order valence-corrected chi connectivity index (χ1v) is 10.4. The largest absolute Gasteiger partial charge is 0.383 e. The Morgan fingerprint density at radius 2 is 2.00 bits per heavy atom. The summed E-state index contributed by atoms with van der Waals surface area (Å²) < 4.78 is 8.17. The van der Waals surface area contributed by atoms with Gasteiger partial charge in [0.15, 0.2) is 0 Å². The van der Waals surface area contributed by atoms with Gasteiger partial charge in [-0.05, 0) is 36.2 Å². The molecule has 4 rings (SSSR count). The summed E-state index contributed by atoms with van der Waals surface area (Å²) in [4.78, 5) is 30.9. The number of hydrogen-bond donors (Lipinski definition) is 2. The fourth-order valence-corrected chi connectivity index (χ4v) is 3.78. The molecule has 1 aromatic carbocycles. The summed E-state index contributed by atoms with van der Waals surface area (Å²) >= 11 is 6.18. The van der Waals surface area contributed by atoms with E-state index in [0.717, 1.165) is 11.1 Å². The van der Waals surface area contributed by atoms with Gasteiger partial charge in [0.25, 0.3) is 11.5 Å². The molecule has 0 saturated carbocycles. The van der Waals surface area contributed by atoms with Crippen molar-refractivity contribution in [2.75, 3.05) is 13.7 Å². The van der Waals surface area contributed by atoms with Crippen LogP contribution in [0.2, 0.25) is 5.02 Å². The minimum atomic E-state index is -0.475. The molecule has 32 heavy (non-hydrogen) atoms. The van der Waals surface area contributed by atoms with E-state index in [1.165, 1.54) is 15.0 Å². The number of nitrogens with zero attached hydrogens (tertiary/aromatic N) is 3. The number of aryl methyl sites for hydroxylation is 1. The van der Waals surface area contributed by atoms with Crippen LogP contribution in [0.4, 0.5) is 0 Å². The minimum absolute atomic E-state index is 0.0453. The third kappa shape index (κ3) is 3.90. The van der Waals surface area contributed by atoms with Crippen LogP contribution in [0.15, 0.2) is 53.5 Å². The summed E-state index contributed by atoms with van der Waals surface area (Å²) in [5, 5.41) is 12.3. The first-order chi connectivity index (χ1) is 15.4. The Kier molecular flexibility index (Phi) is 6.07. The van der Waals surface area contributed by atoms with Crippen molar-refractivity contribution < 1.29 is 9.53 Å². The highest BCUT2D eigenvalue weighted by Gasteiger charge is 2.18. The van der Waals surface area contributed by atoms with Crippen LogP contribution in [0.1, 0.15) is 21.5 Å². The highest BCUT2D eigenvalue weighted by atomic mass is 35.5. The molecule has 0 spiro atoms. The molecule has 9 heteroatoms. The van der Waals surface area contributed by atoms with Gasteiger partial charge in [0.2, 0.25) is 0 Å². The zero-order valence-electron chi connectivity index (χ0n) is 17.7. The van der Waals surface area contributed by atoms with Gasteiger partial charge in [-0.2, -0.15) is 0 Å². The second-order valence-corrected chi connectivity index (χ2v) is 7.77. The van der Waals surface area contributed by atoms with Crippen LogP contribution in [0.5, 0.6) is 0 Å². The summed E-state index contributed by atoms with van der Waals surface area (Å²) in [6.45, 7) is 2.63. The summed E-state index contributed by atoms with van der Waals surface area (Å²) in [7, 11) is 1.55. The third-order valence-electron chi connectivity index (χ3n) is 5.29. The summed E-state index contributed by atoms with van der Waals surface area (Å²) in [6.07, 6.45) is 1.64. The lowest BCUT2D eigenvalue weighted by Gasteiger charge is -2.15. The van der Waals surface area contributed by atoms with Crippen LogP contribution in [0, 0.1) is 12.3 Å². The van der Waals surface area contributed by atoms with Crippen LogP contribution >= 0.6 is 11.6 Å². The molecule has 8 nitrogen and oxygen atoms in total. The lowest BCUT2D eigenvalue weighted by Crippen LogP contribution is -2.35. The fraction of sp³-hybridized carbons (Fsp3) is 0.217. The highest BCUT2D eigenvalue weighted by Crippen LogP contribution is 2.15. The van der Waals surface area contributed by atoms with E-state index in [9.17, 15) is 9.59 Å². The van der Waals surface area contributed by atoms with E-state index in [0.29, 0.717) is 22.9 Å². The van der Waals surface area contributed by atoms with Crippen molar-refractivity contribution in [2.45, 2.75) is 20.0 Å². The lowest BCUT2D eigenvalue weighted by atomic mass is 10.1. The van der Waals surface area contributed by atoms with E-state index in [2.05, 4.69) is 10.3 Å². The molecular formula is C23H22ClN5O3. The van der Waals surface area contributed by atoms with E-state index >= 15 is 0 Å². The molecule has 3 heterocycles. The summed E-state index contributed by atoms with van der Waals surface area (Å²) in [5.74, 6) is -0.475. The van der Waals surface area contributed by atoms with E-state index < -0.39 is 5.91 Å². The zero-order valence-corrected chi connectivity index (χ0v) is 18.4. The lowest BCUT2D eigenvalue weighted by molar-refractivity contribution is 0.0948. The number of nitrogens with one attached hydrogen (secondary N) is 2. The molecule has 4 aromatic rings. The molecule has 0 fully saturated rings. The predicted octanol–water partition coefficient (Wildman–Crippen LogP) is 2.67. The number of amides is 1. The van der Waals surface area contributed by atoms with Gasteiger partial charge in [0.1, 0.15) is 16.8 Å². The number of hydrogen-bond acceptors (Lipinski definition) is 5.